The highest BCUT2D eigenvalue weighted by Gasteiger charge is 2.43. The number of hydrogen-bond acceptors (Lipinski definition) is 4. The Bertz CT molecular complexity index is 1120. The van der Waals surface area contributed by atoms with Gasteiger partial charge in [-0.1, -0.05) is 62.6 Å². The van der Waals surface area contributed by atoms with E-state index in [0.29, 0.717) is 24.3 Å². The number of likely N-dealkylation sites (N-methyl/N-ethyl adjacent to an activating group) is 1. The standard InChI is InChI=1S/C34H47F2N3O2/c1-2-38(20-15-25-13-14-31(35)32(36)21-25)29-16-18-37(19-17-29)22-28-23-39(24-30(28)26-9-5-3-6-10-26)33(34(40)41)27-11-7-4-8-12-27/h3,5-6,9-10,13-14,21,27-30,33H,2,4,7-8,11-12,15-20,22-24H2,1H3,(H,40,41). The van der Waals surface area contributed by atoms with Crippen LogP contribution in [0.15, 0.2) is 48.5 Å². The fourth-order valence-electron chi connectivity index (χ4n) is 7.87. The molecule has 1 aliphatic carbocycles. The number of hydrogen-bond donors (Lipinski definition) is 1. The molecular formula is C34H47F2N3O2. The van der Waals surface area contributed by atoms with Crippen LogP contribution in [-0.2, 0) is 11.2 Å². The van der Waals surface area contributed by atoms with Crippen molar-refractivity contribution in [2.24, 2.45) is 11.8 Å². The first kappa shape index (κ1) is 30.1. The summed E-state index contributed by atoms with van der Waals surface area (Å²) in [5.41, 5.74) is 2.17. The number of benzene rings is 2. The van der Waals surface area contributed by atoms with E-state index in [1.165, 1.54) is 24.1 Å². The number of piperidine rings is 1. The van der Waals surface area contributed by atoms with E-state index in [2.05, 4.69) is 52.0 Å². The van der Waals surface area contributed by atoms with Crippen LogP contribution in [0.25, 0.3) is 0 Å². The smallest absolute Gasteiger partial charge is 0.321 e. The van der Waals surface area contributed by atoms with Crippen LogP contribution in [0.5, 0.6) is 0 Å². The maximum Gasteiger partial charge on any atom is 0.321 e. The van der Waals surface area contributed by atoms with E-state index in [9.17, 15) is 18.7 Å². The predicted molar refractivity (Wildman–Crippen MR) is 159 cm³/mol. The number of halogens is 2. The summed E-state index contributed by atoms with van der Waals surface area (Å²) in [6, 6.07) is 15.1. The summed E-state index contributed by atoms with van der Waals surface area (Å²) in [6.45, 7) is 8.72. The Labute approximate surface area is 244 Å². The third kappa shape index (κ3) is 7.54. The molecule has 5 nitrogen and oxygen atoms in total. The van der Waals surface area contributed by atoms with Crippen molar-refractivity contribution in [3.05, 3.63) is 71.3 Å². The molecule has 1 saturated carbocycles. The number of carboxylic acids is 1. The third-order valence-electron chi connectivity index (χ3n) is 10.1. The molecule has 2 saturated heterocycles. The molecule has 0 spiro atoms. The highest BCUT2D eigenvalue weighted by atomic mass is 19.2. The minimum absolute atomic E-state index is 0.263. The van der Waals surface area contributed by atoms with Crippen LogP contribution in [0.4, 0.5) is 8.78 Å². The van der Waals surface area contributed by atoms with Gasteiger partial charge in [-0.15, -0.1) is 0 Å². The highest BCUT2D eigenvalue weighted by Crippen LogP contribution is 2.38. The molecule has 0 amide bonds. The second-order valence-electron chi connectivity index (χ2n) is 12.6. The number of rotatable bonds is 11. The molecule has 2 aliphatic heterocycles. The molecule has 2 aromatic carbocycles. The Balaban J connectivity index is 1.19. The molecule has 2 aromatic rings. The van der Waals surface area contributed by atoms with E-state index < -0.39 is 17.6 Å². The van der Waals surface area contributed by atoms with E-state index in [0.717, 1.165) is 89.9 Å². The quantitative estimate of drug-likeness (QED) is 0.359. The van der Waals surface area contributed by atoms with Gasteiger partial charge in [0, 0.05) is 38.1 Å². The van der Waals surface area contributed by atoms with Crippen LogP contribution < -0.4 is 0 Å². The number of likely N-dealkylation sites (tertiary alicyclic amines) is 2. The zero-order valence-corrected chi connectivity index (χ0v) is 24.6. The molecule has 0 aromatic heterocycles. The van der Waals surface area contributed by atoms with Crippen molar-refractivity contribution in [3.63, 3.8) is 0 Å². The Morgan fingerprint density at radius 1 is 0.976 bits per heavy atom. The summed E-state index contributed by atoms with van der Waals surface area (Å²) in [6.07, 6.45) is 8.51. The first-order chi connectivity index (χ1) is 19.9. The van der Waals surface area contributed by atoms with Gasteiger partial charge in [0.1, 0.15) is 6.04 Å². The lowest BCUT2D eigenvalue weighted by atomic mass is 9.83. The maximum atomic E-state index is 13.7. The van der Waals surface area contributed by atoms with Crippen molar-refractivity contribution < 1.29 is 18.7 Å². The monoisotopic (exact) mass is 567 g/mol. The molecule has 3 fully saturated rings. The molecule has 1 N–H and O–H groups in total. The summed E-state index contributed by atoms with van der Waals surface area (Å²) < 4.78 is 27.0. The molecule has 3 unspecified atom stereocenters. The molecule has 0 bridgehead atoms. The van der Waals surface area contributed by atoms with Gasteiger partial charge in [0.05, 0.1) is 0 Å². The number of carboxylic acid groups (broad SMARTS) is 1. The normalized spacial score (nSPS) is 24.2. The fraction of sp³-hybridized carbons (Fsp3) is 0.618. The van der Waals surface area contributed by atoms with Crippen LogP contribution >= 0.6 is 0 Å². The Kier molecular flexibility index (Phi) is 10.4. The summed E-state index contributed by atoms with van der Waals surface area (Å²) in [5, 5.41) is 10.3. The Hall–Kier alpha value is -2.35. The van der Waals surface area contributed by atoms with Crippen molar-refractivity contribution in [2.75, 3.05) is 45.8 Å². The number of aliphatic carboxylic acids is 1. The van der Waals surface area contributed by atoms with Gasteiger partial charge >= 0.3 is 5.97 Å². The van der Waals surface area contributed by atoms with Gasteiger partial charge in [-0.25, -0.2) is 8.78 Å². The van der Waals surface area contributed by atoms with Crippen LogP contribution in [0.3, 0.4) is 0 Å². The van der Waals surface area contributed by atoms with E-state index in [-0.39, 0.29) is 12.0 Å². The van der Waals surface area contributed by atoms with Gasteiger partial charge in [0.25, 0.3) is 0 Å². The van der Waals surface area contributed by atoms with E-state index >= 15 is 0 Å². The van der Waals surface area contributed by atoms with Crippen molar-refractivity contribution in [1.82, 2.24) is 14.7 Å². The van der Waals surface area contributed by atoms with Gasteiger partial charge in [-0.3, -0.25) is 9.69 Å². The maximum absolute atomic E-state index is 13.7. The summed E-state index contributed by atoms with van der Waals surface area (Å²) in [4.78, 5) is 19.9. The molecule has 224 valence electrons. The second kappa shape index (κ2) is 14.2. The second-order valence-corrected chi connectivity index (χ2v) is 12.6. The van der Waals surface area contributed by atoms with Gasteiger partial charge in [-0.05, 0) is 86.8 Å². The van der Waals surface area contributed by atoms with Crippen LogP contribution in [-0.4, -0.2) is 83.7 Å². The lowest BCUT2D eigenvalue weighted by molar-refractivity contribution is -0.145. The Morgan fingerprint density at radius 3 is 2.37 bits per heavy atom. The SMILES string of the molecule is CCN(CCc1ccc(F)c(F)c1)C1CCN(CC2CN(C(C(=O)O)C3CCCCC3)CC2c2ccccc2)CC1. The van der Waals surface area contributed by atoms with Gasteiger partial charge in [-0.2, -0.15) is 0 Å². The number of nitrogens with zero attached hydrogens (tertiary/aromatic N) is 3. The molecule has 41 heavy (non-hydrogen) atoms. The zero-order valence-electron chi connectivity index (χ0n) is 24.6. The fourth-order valence-corrected chi connectivity index (χ4v) is 7.87. The molecule has 7 heteroatoms. The average molecular weight is 568 g/mol. The molecular weight excluding hydrogens is 520 g/mol. The molecule has 5 rings (SSSR count). The van der Waals surface area contributed by atoms with Crippen LogP contribution in [0.1, 0.15) is 68.9 Å². The molecule has 3 aliphatic rings. The largest absolute Gasteiger partial charge is 0.480 e. The molecule has 0 radical (unpaired) electrons. The average Bonchev–Trinajstić information content (AvgIpc) is 3.39. The van der Waals surface area contributed by atoms with Gasteiger partial charge < -0.3 is 14.9 Å². The first-order valence-electron chi connectivity index (χ1n) is 15.8. The Morgan fingerprint density at radius 2 is 1.71 bits per heavy atom. The first-order valence-corrected chi connectivity index (χ1v) is 15.8. The minimum atomic E-state index is -0.791. The van der Waals surface area contributed by atoms with Gasteiger partial charge in [0.2, 0.25) is 0 Å². The highest BCUT2D eigenvalue weighted by molar-refractivity contribution is 5.74. The predicted octanol–water partition coefficient (Wildman–Crippen LogP) is 6.04. The minimum Gasteiger partial charge on any atom is -0.480 e. The summed E-state index contributed by atoms with van der Waals surface area (Å²) in [7, 11) is 0. The lowest BCUT2D eigenvalue weighted by Gasteiger charge is -2.39. The van der Waals surface area contributed by atoms with E-state index in [1.54, 1.807) is 6.07 Å². The van der Waals surface area contributed by atoms with Crippen molar-refractivity contribution >= 4 is 5.97 Å². The topological polar surface area (TPSA) is 47.0 Å². The van der Waals surface area contributed by atoms with Crippen molar-refractivity contribution in [3.8, 4) is 0 Å². The van der Waals surface area contributed by atoms with Crippen LogP contribution in [0, 0.1) is 23.5 Å². The van der Waals surface area contributed by atoms with Gasteiger partial charge in [0.15, 0.2) is 11.6 Å². The zero-order chi connectivity index (χ0) is 28.8. The van der Waals surface area contributed by atoms with E-state index in [4.69, 9.17) is 0 Å². The third-order valence-corrected chi connectivity index (χ3v) is 10.1. The van der Waals surface area contributed by atoms with Crippen molar-refractivity contribution in [2.45, 2.75) is 76.3 Å². The molecule has 2 heterocycles. The number of carbonyl (C=O) groups is 1. The summed E-state index contributed by atoms with van der Waals surface area (Å²) >= 11 is 0. The summed E-state index contributed by atoms with van der Waals surface area (Å²) in [5.74, 6) is -1.18. The molecule has 3 atom stereocenters. The lowest BCUT2D eigenvalue weighted by Crippen LogP contribution is -2.48. The van der Waals surface area contributed by atoms with E-state index in [1.807, 2.05) is 0 Å². The van der Waals surface area contributed by atoms with Crippen molar-refractivity contribution in [1.29, 1.82) is 0 Å². The van der Waals surface area contributed by atoms with Crippen LogP contribution in [0.2, 0.25) is 0 Å².